The number of hydrogen-bond donors (Lipinski definition) is 1. The van der Waals surface area contributed by atoms with Gasteiger partial charge in [0.05, 0.1) is 0 Å². The molecule has 3 heteroatoms. The molecule has 2 N–H and O–H groups in total. The van der Waals surface area contributed by atoms with Crippen molar-refractivity contribution in [2.45, 2.75) is 62.9 Å². The fourth-order valence-corrected chi connectivity index (χ4v) is 5.98. The molecule has 5 rings (SSSR count). The minimum Gasteiger partial charge on any atom is -0.333 e. The molecule has 1 saturated heterocycles. The summed E-state index contributed by atoms with van der Waals surface area (Å²) >= 11 is 0. The van der Waals surface area contributed by atoms with Crippen molar-refractivity contribution >= 4 is 5.91 Å². The van der Waals surface area contributed by atoms with Gasteiger partial charge in [-0.1, -0.05) is 0 Å². The summed E-state index contributed by atoms with van der Waals surface area (Å²) in [6.07, 6.45) is 9.89. The van der Waals surface area contributed by atoms with Crippen LogP contribution in [-0.2, 0) is 4.79 Å². The van der Waals surface area contributed by atoms with Crippen LogP contribution < -0.4 is 5.73 Å². The number of carbonyl (C=O) groups excluding carboxylic acids is 1. The first-order chi connectivity index (χ1) is 8.70. The predicted molar refractivity (Wildman–Crippen MR) is 69.8 cm³/mol. The van der Waals surface area contributed by atoms with Crippen molar-refractivity contribution in [1.82, 2.24) is 4.90 Å². The van der Waals surface area contributed by atoms with Crippen LogP contribution in [-0.4, -0.2) is 28.9 Å². The van der Waals surface area contributed by atoms with E-state index in [-0.39, 0.29) is 5.54 Å². The third-order valence-electron chi connectivity index (χ3n) is 6.11. The number of likely N-dealkylation sites (tertiary alicyclic amines) is 1. The summed E-state index contributed by atoms with van der Waals surface area (Å²) in [6, 6.07) is 0.341. The highest BCUT2D eigenvalue weighted by molar-refractivity contribution is 5.79. The maximum Gasteiger partial charge on any atom is 0.223 e. The Balaban J connectivity index is 1.68. The van der Waals surface area contributed by atoms with Gasteiger partial charge in [0, 0.05) is 24.5 Å². The summed E-state index contributed by atoms with van der Waals surface area (Å²) in [5, 5.41) is 0. The van der Waals surface area contributed by atoms with Crippen LogP contribution in [0.3, 0.4) is 0 Å². The van der Waals surface area contributed by atoms with Gasteiger partial charge in [0.15, 0.2) is 0 Å². The van der Waals surface area contributed by atoms with Gasteiger partial charge in [-0.15, -0.1) is 0 Å². The van der Waals surface area contributed by atoms with Gasteiger partial charge < -0.3 is 10.6 Å². The summed E-state index contributed by atoms with van der Waals surface area (Å²) in [5.74, 6) is 3.11. The molecule has 4 bridgehead atoms. The highest BCUT2D eigenvalue weighted by Crippen LogP contribution is 2.58. The Morgan fingerprint density at radius 3 is 2.17 bits per heavy atom. The van der Waals surface area contributed by atoms with E-state index in [9.17, 15) is 4.79 Å². The Morgan fingerprint density at radius 2 is 1.67 bits per heavy atom. The topological polar surface area (TPSA) is 46.3 Å². The molecule has 4 saturated carbocycles. The molecule has 5 aliphatic rings. The van der Waals surface area contributed by atoms with Gasteiger partial charge in [-0.3, -0.25) is 4.79 Å². The van der Waals surface area contributed by atoms with Crippen molar-refractivity contribution in [2.75, 3.05) is 6.54 Å². The molecule has 0 aromatic rings. The first kappa shape index (κ1) is 11.3. The van der Waals surface area contributed by atoms with E-state index in [0.717, 1.165) is 30.6 Å². The molecule has 0 aromatic carbocycles. The average molecular weight is 248 g/mol. The van der Waals surface area contributed by atoms with E-state index in [0.29, 0.717) is 18.5 Å². The fraction of sp³-hybridized carbons (Fsp3) is 0.933. The molecular weight excluding hydrogens is 224 g/mol. The SMILES string of the molecule is NCC1CCC(=O)N1C12CC3CC(CC(C3)C1)C2. The van der Waals surface area contributed by atoms with Gasteiger partial charge in [-0.25, -0.2) is 0 Å². The van der Waals surface area contributed by atoms with E-state index in [1.807, 2.05) is 0 Å². The van der Waals surface area contributed by atoms with Crippen LogP contribution in [0.1, 0.15) is 51.4 Å². The lowest BCUT2D eigenvalue weighted by atomic mass is 9.52. The third kappa shape index (κ3) is 1.43. The van der Waals surface area contributed by atoms with Crippen LogP contribution in [0.4, 0.5) is 0 Å². The van der Waals surface area contributed by atoms with Crippen LogP contribution in [0.15, 0.2) is 0 Å². The summed E-state index contributed by atoms with van der Waals surface area (Å²) < 4.78 is 0. The van der Waals surface area contributed by atoms with Gasteiger partial charge in [0.25, 0.3) is 0 Å². The van der Waals surface area contributed by atoms with Gasteiger partial charge in [0.2, 0.25) is 5.91 Å². The molecular formula is C15H24N2O. The van der Waals surface area contributed by atoms with Gasteiger partial charge in [-0.2, -0.15) is 0 Å². The van der Waals surface area contributed by atoms with E-state index in [4.69, 9.17) is 5.73 Å². The lowest BCUT2D eigenvalue weighted by Crippen LogP contribution is -2.63. The van der Waals surface area contributed by atoms with Crippen molar-refractivity contribution in [3.63, 3.8) is 0 Å². The highest BCUT2D eigenvalue weighted by atomic mass is 16.2. The number of carbonyl (C=O) groups is 1. The zero-order valence-corrected chi connectivity index (χ0v) is 11.1. The number of nitrogens with zero attached hydrogens (tertiary/aromatic N) is 1. The standard InChI is InChI=1S/C15H24N2O/c16-9-13-1-2-14(18)17(13)15-6-10-3-11(7-15)5-12(4-10)8-15/h10-13H,1-9,16H2. The van der Waals surface area contributed by atoms with E-state index >= 15 is 0 Å². The molecule has 1 amide bonds. The van der Waals surface area contributed by atoms with Crippen molar-refractivity contribution in [1.29, 1.82) is 0 Å². The van der Waals surface area contributed by atoms with E-state index in [1.165, 1.54) is 38.5 Å². The molecule has 1 unspecified atom stereocenters. The first-order valence-corrected chi connectivity index (χ1v) is 7.72. The highest BCUT2D eigenvalue weighted by Gasteiger charge is 2.56. The van der Waals surface area contributed by atoms with Crippen molar-refractivity contribution < 1.29 is 4.79 Å². The Bertz CT molecular complexity index is 343. The zero-order valence-electron chi connectivity index (χ0n) is 11.1. The summed E-state index contributed by atoms with van der Waals surface area (Å²) in [4.78, 5) is 14.6. The minimum absolute atomic E-state index is 0.229. The van der Waals surface area contributed by atoms with Crippen molar-refractivity contribution in [2.24, 2.45) is 23.5 Å². The Kier molecular flexibility index (Phi) is 2.33. The summed E-state index contributed by atoms with van der Waals surface area (Å²) in [7, 11) is 0. The number of amides is 1. The summed E-state index contributed by atoms with van der Waals surface area (Å²) in [5.41, 5.74) is 6.14. The Morgan fingerprint density at radius 1 is 1.11 bits per heavy atom. The zero-order chi connectivity index (χ0) is 12.3. The molecule has 3 nitrogen and oxygen atoms in total. The monoisotopic (exact) mass is 248 g/mol. The molecule has 5 fully saturated rings. The van der Waals surface area contributed by atoms with Crippen molar-refractivity contribution in [3.05, 3.63) is 0 Å². The van der Waals surface area contributed by atoms with E-state index in [2.05, 4.69) is 4.90 Å². The molecule has 0 radical (unpaired) electrons. The molecule has 4 aliphatic carbocycles. The lowest BCUT2D eigenvalue weighted by molar-refractivity contribution is -0.149. The summed E-state index contributed by atoms with van der Waals surface area (Å²) in [6.45, 7) is 0.660. The second-order valence-electron chi connectivity index (χ2n) is 7.33. The van der Waals surface area contributed by atoms with Gasteiger partial charge >= 0.3 is 0 Å². The van der Waals surface area contributed by atoms with E-state index in [1.54, 1.807) is 0 Å². The average Bonchev–Trinajstić information content (AvgIpc) is 2.69. The molecule has 1 heterocycles. The molecule has 18 heavy (non-hydrogen) atoms. The van der Waals surface area contributed by atoms with Crippen LogP contribution in [0.5, 0.6) is 0 Å². The third-order valence-corrected chi connectivity index (χ3v) is 6.11. The minimum atomic E-state index is 0.229. The molecule has 0 aromatic heterocycles. The first-order valence-electron chi connectivity index (χ1n) is 7.72. The Hall–Kier alpha value is -0.570. The van der Waals surface area contributed by atoms with Crippen LogP contribution in [0.25, 0.3) is 0 Å². The molecule has 100 valence electrons. The molecule has 0 spiro atoms. The van der Waals surface area contributed by atoms with Crippen LogP contribution >= 0.6 is 0 Å². The van der Waals surface area contributed by atoms with Crippen molar-refractivity contribution in [3.8, 4) is 0 Å². The number of hydrogen-bond acceptors (Lipinski definition) is 2. The van der Waals surface area contributed by atoms with E-state index < -0.39 is 0 Å². The second kappa shape index (κ2) is 3.72. The predicted octanol–water partition coefficient (Wildman–Crippen LogP) is 1.90. The molecule has 1 atom stereocenters. The normalized spacial score (nSPS) is 50.3. The Labute approximate surface area is 109 Å². The fourth-order valence-electron chi connectivity index (χ4n) is 5.98. The number of nitrogens with two attached hydrogens (primary N) is 1. The second-order valence-corrected chi connectivity index (χ2v) is 7.33. The van der Waals surface area contributed by atoms with Gasteiger partial charge in [0.1, 0.15) is 0 Å². The smallest absolute Gasteiger partial charge is 0.223 e. The lowest BCUT2D eigenvalue weighted by Gasteiger charge is -2.60. The largest absolute Gasteiger partial charge is 0.333 e. The van der Waals surface area contributed by atoms with Crippen LogP contribution in [0, 0.1) is 17.8 Å². The number of rotatable bonds is 2. The van der Waals surface area contributed by atoms with Gasteiger partial charge in [-0.05, 0) is 62.7 Å². The maximum absolute atomic E-state index is 12.3. The quantitative estimate of drug-likeness (QED) is 0.811. The maximum atomic E-state index is 12.3. The molecule has 1 aliphatic heterocycles. The van der Waals surface area contributed by atoms with Crippen LogP contribution in [0.2, 0.25) is 0 Å².